The smallest absolute Gasteiger partial charge is 0.132 e. The fourth-order valence-corrected chi connectivity index (χ4v) is 9.87. The van der Waals surface area contributed by atoms with Gasteiger partial charge in [-0.3, -0.25) is 0 Å². The fourth-order valence-electron chi connectivity index (χ4n) is 9.87. The molecule has 0 amide bonds. The predicted molar refractivity (Wildman–Crippen MR) is 225 cm³/mol. The molecule has 2 aliphatic rings. The lowest BCUT2D eigenvalue weighted by atomic mass is 9.64. The molecule has 54 heavy (non-hydrogen) atoms. The van der Waals surface area contributed by atoms with Crippen LogP contribution in [0.4, 0.5) is 0 Å². The van der Waals surface area contributed by atoms with Crippen molar-refractivity contribution in [1.82, 2.24) is 0 Å². The van der Waals surface area contributed by atoms with E-state index in [0.717, 1.165) is 11.5 Å². The minimum atomic E-state index is -0.651. The number of fused-ring (bicyclic) bond motifs is 17. The second-order valence-electron chi connectivity index (χ2n) is 14.7. The lowest BCUT2D eigenvalue weighted by molar-refractivity contribution is 0.437. The van der Waals surface area contributed by atoms with Crippen molar-refractivity contribution in [3.63, 3.8) is 0 Å². The largest absolute Gasteiger partial charge is 0.457 e. The maximum atomic E-state index is 6.82. The van der Waals surface area contributed by atoms with E-state index in [1.165, 1.54) is 98.7 Å². The van der Waals surface area contributed by atoms with Crippen molar-refractivity contribution in [2.45, 2.75) is 5.41 Å². The Hall–Kier alpha value is -6.96. The fraction of sp³-hybridized carbons (Fsp3) is 0.0189. The van der Waals surface area contributed by atoms with Crippen molar-refractivity contribution >= 4 is 43.1 Å². The normalized spacial score (nSPS) is 13.5. The highest BCUT2D eigenvalue weighted by Gasteiger charge is 2.53. The lowest BCUT2D eigenvalue weighted by Gasteiger charge is -2.40. The van der Waals surface area contributed by atoms with E-state index in [1.54, 1.807) is 0 Å². The number of para-hydroxylation sites is 2. The van der Waals surface area contributed by atoms with Gasteiger partial charge in [-0.15, -0.1) is 0 Å². The summed E-state index contributed by atoms with van der Waals surface area (Å²) < 4.78 is 6.82. The van der Waals surface area contributed by atoms with Gasteiger partial charge in [-0.25, -0.2) is 0 Å². The molecule has 250 valence electrons. The Labute approximate surface area is 313 Å². The minimum absolute atomic E-state index is 0.651. The summed E-state index contributed by atoms with van der Waals surface area (Å²) in [7, 11) is 0. The molecule has 1 heterocycles. The van der Waals surface area contributed by atoms with Gasteiger partial charge in [0.05, 0.1) is 5.41 Å². The Morgan fingerprint density at radius 2 is 0.926 bits per heavy atom. The van der Waals surface area contributed by atoms with Crippen LogP contribution in [0, 0.1) is 0 Å². The Bertz CT molecular complexity index is 3140. The van der Waals surface area contributed by atoms with Gasteiger partial charge in [0.25, 0.3) is 0 Å². The third-order valence-electron chi connectivity index (χ3n) is 12.1. The van der Waals surface area contributed by atoms with Crippen molar-refractivity contribution in [2.24, 2.45) is 0 Å². The summed E-state index contributed by atoms with van der Waals surface area (Å²) >= 11 is 0. The molecule has 0 saturated heterocycles. The van der Waals surface area contributed by atoms with Gasteiger partial charge in [0, 0.05) is 11.1 Å². The SMILES string of the molecule is c1ccc(-c2cc3c4ccccc4c4c(c3c3ccccc23)C2(c3ccccc3Oc3ccccc32)c2cc(-c3ccc5ccccc5c3)ccc2-4)cc1. The maximum absolute atomic E-state index is 6.82. The first-order valence-corrected chi connectivity index (χ1v) is 18.8. The van der Waals surface area contributed by atoms with Crippen LogP contribution in [0.15, 0.2) is 194 Å². The molecule has 0 bridgehead atoms. The van der Waals surface area contributed by atoms with Crippen LogP contribution in [-0.4, -0.2) is 0 Å². The third-order valence-corrected chi connectivity index (χ3v) is 12.1. The summed E-state index contributed by atoms with van der Waals surface area (Å²) in [6.07, 6.45) is 0. The van der Waals surface area contributed by atoms with Crippen LogP contribution in [0.1, 0.15) is 22.3 Å². The number of rotatable bonds is 2. The third kappa shape index (κ3) is 3.88. The molecule has 1 heteroatoms. The Morgan fingerprint density at radius 3 is 1.70 bits per heavy atom. The number of hydrogen-bond acceptors (Lipinski definition) is 1. The number of benzene rings is 10. The molecule has 1 nitrogen and oxygen atoms in total. The van der Waals surface area contributed by atoms with Gasteiger partial charge in [0.15, 0.2) is 0 Å². The molecule has 0 radical (unpaired) electrons. The Balaban J connectivity index is 1.31. The van der Waals surface area contributed by atoms with Crippen LogP contribution in [0.25, 0.3) is 76.5 Å². The zero-order valence-electron chi connectivity index (χ0n) is 29.4. The molecule has 0 unspecified atom stereocenters. The van der Waals surface area contributed by atoms with Crippen molar-refractivity contribution in [3.8, 4) is 44.9 Å². The zero-order valence-corrected chi connectivity index (χ0v) is 29.4. The first-order valence-electron chi connectivity index (χ1n) is 18.8. The van der Waals surface area contributed by atoms with Crippen molar-refractivity contribution in [3.05, 3.63) is 216 Å². The summed E-state index contributed by atoms with van der Waals surface area (Å²) in [6, 6.07) is 71.6. The van der Waals surface area contributed by atoms with Gasteiger partial charge >= 0.3 is 0 Å². The van der Waals surface area contributed by atoms with Gasteiger partial charge in [0.2, 0.25) is 0 Å². The molecule has 10 aromatic carbocycles. The van der Waals surface area contributed by atoms with Crippen molar-refractivity contribution in [2.75, 3.05) is 0 Å². The van der Waals surface area contributed by atoms with Crippen molar-refractivity contribution in [1.29, 1.82) is 0 Å². The van der Waals surface area contributed by atoms with Gasteiger partial charge in [-0.2, -0.15) is 0 Å². The average Bonchev–Trinajstić information content (AvgIpc) is 3.54. The van der Waals surface area contributed by atoms with E-state index in [9.17, 15) is 0 Å². The van der Waals surface area contributed by atoms with Gasteiger partial charge in [0.1, 0.15) is 11.5 Å². The second-order valence-corrected chi connectivity index (χ2v) is 14.7. The Morgan fingerprint density at radius 1 is 0.333 bits per heavy atom. The van der Waals surface area contributed by atoms with E-state index in [2.05, 4.69) is 194 Å². The molecular formula is C53H32O. The minimum Gasteiger partial charge on any atom is -0.457 e. The zero-order chi connectivity index (χ0) is 35.4. The molecule has 0 saturated carbocycles. The highest BCUT2D eigenvalue weighted by atomic mass is 16.5. The van der Waals surface area contributed by atoms with Crippen LogP contribution in [-0.2, 0) is 5.41 Å². The topological polar surface area (TPSA) is 9.23 Å². The van der Waals surface area contributed by atoms with Crippen molar-refractivity contribution < 1.29 is 4.74 Å². The first kappa shape index (κ1) is 29.6. The van der Waals surface area contributed by atoms with E-state index < -0.39 is 5.41 Å². The highest BCUT2D eigenvalue weighted by molar-refractivity contribution is 6.27. The molecule has 0 aromatic heterocycles. The molecule has 0 fully saturated rings. The number of hydrogen-bond donors (Lipinski definition) is 0. The number of ether oxygens (including phenoxy) is 1. The highest BCUT2D eigenvalue weighted by Crippen LogP contribution is 2.65. The van der Waals surface area contributed by atoms with E-state index in [-0.39, 0.29) is 0 Å². The molecule has 0 N–H and O–H groups in total. The molecule has 1 spiro atoms. The average molecular weight is 685 g/mol. The monoisotopic (exact) mass is 684 g/mol. The van der Waals surface area contributed by atoms with Crippen LogP contribution >= 0.6 is 0 Å². The summed E-state index contributed by atoms with van der Waals surface area (Å²) in [4.78, 5) is 0. The second kappa shape index (κ2) is 11.0. The first-order chi connectivity index (χ1) is 26.8. The summed E-state index contributed by atoms with van der Waals surface area (Å²) in [6.45, 7) is 0. The van der Waals surface area contributed by atoms with Crippen LogP contribution < -0.4 is 4.74 Å². The van der Waals surface area contributed by atoms with Gasteiger partial charge < -0.3 is 4.74 Å². The van der Waals surface area contributed by atoms with E-state index in [1.807, 2.05) is 0 Å². The maximum Gasteiger partial charge on any atom is 0.132 e. The van der Waals surface area contributed by atoms with Crippen LogP contribution in [0.5, 0.6) is 11.5 Å². The van der Waals surface area contributed by atoms with E-state index >= 15 is 0 Å². The molecule has 10 aromatic rings. The van der Waals surface area contributed by atoms with Gasteiger partial charge in [-0.1, -0.05) is 164 Å². The predicted octanol–water partition coefficient (Wildman–Crippen LogP) is 14.1. The van der Waals surface area contributed by atoms with Gasteiger partial charge in [-0.05, 0) is 118 Å². The summed E-state index contributed by atoms with van der Waals surface area (Å²) in [5, 5.41) is 10.1. The standard InChI is InChI=1S/C53H32O/c1-2-15-34(16-3-1)43-32-44-39-19-7-9-21-41(39)50-42-29-28-37(36-27-26-33-14-4-5-17-35(33)30-36)31-47(42)53(52(50)51(44)40-20-8-6-18-38(40)43)45-22-10-12-24-48(45)54-49-25-13-11-23-46(49)53/h1-32H. The quantitative estimate of drug-likeness (QED) is 0.165. The van der Waals surface area contributed by atoms with E-state index in [0.29, 0.717) is 0 Å². The van der Waals surface area contributed by atoms with Crippen LogP contribution in [0.2, 0.25) is 0 Å². The van der Waals surface area contributed by atoms with Crippen LogP contribution in [0.3, 0.4) is 0 Å². The summed E-state index contributed by atoms with van der Waals surface area (Å²) in [5.74, 6) is 1.80. The summed E-state index contributed by atoms with van der Waals surface area (Å²) in [5.41, 5.74) is 11.8. The molecule has 12 rings (SSSR count). The van der Waals surface area contributed by atoms with E-state index in [4.69, 9.17) is 4.74 Å². The molecule has 0 atom stereocenters. The lowest BCUT2D eigenvalue weighted by Crippen LogP contribution is -2.32. The molecule has 1 aliphatic heterocycles. The molecular weight excluding hydrogens is 653 g/mol. The Kier molecular flexibility index (Phi) is 6.04. The molecule has 1 aliphatic carbocycles.